The Morgan fingerprint density at radius 3 is 2.57 bits per heavy atom. The normalized spacial score (nSPS) is 27.7. The molecule has 0 bridgehead atoms. The average Bonchev–Trinajstić information content (AvgIpc) is 2.50. The standard InChI is InChI=1S/C17H22ClNO4/c1-10-5-13(17(20)21)6-11(2)19(10)9-12-7-14(18)16-15(8-12)22-3-4-23-16/h7-8,10-11,13H,3-6,9H2,1-2H3,(H,20,21). The molecular formula is C17H22ClNO4. The average molecular weight is 340 g/mol. The predicted molar refractivity (Wildman–Crippen MR) is 87.3 cm³/mol. The maximum atomic E-state index is 11.2. The van der Waals surface area contributed by atoms with Crippen molar-refractivity contribution in [2.45, 2.75) is 45.3 Å². The van der Waals surface area contributed by atoms with Crippen molar-refractivity contribution in [3.05, 3.63) is 22.7 Å². The highest BCUT2D eigenvalue weighted by Crippen LogP contribution is 2.39. The van der Waals surface area contributed by atoms with Crippen molar-refractivity contribution in [1.82, 2.24) is 4.90 Å². The third kappa shape index (κ3) is 3.40. The molecule has 1 N–H and O–H groups in total. The Bertz CT molecular complexity index is 595. The highest BCUT2D eigenvalue weighted by Gasteiger charge is 2.34. The van der Waals surface area contributed by atoms with E-state index in [1.807, 2.05) is 12.1 Å². The zero-order valence-electron chi connectivity index (χ0n) is 13.4. The SMILES string of the molecule is CC1CC(C(=O)O)CC(C)N1Cc1cc(Cl)c2c(c1)OCCO2. The quantitative estimate of drug-likeness (QED) is 0.916. The van der Waals surface area contributed by atoms with Gasteiger partial charge in [0.1, 0.15) is 13.2 Å². The Morgan fingerprint density at radius 1 is 1.26 bits per heavy atom. The lowest BCUT2D eigenvalue weighted by atomic mass is 9.87. The third-order valence-corrected chi connectivity index (χ3v) is 5.04. The number of fused-ring (bicyclic) bond motifs is 1. The fourth-order valence-electron chi connectivity index (χ4n) is 3.60. The van der Waals surface area contributed by atoms with E-state index < -0.39 is 5.97 Å². The molecule has 1 saturated heterocycles. The van der Waals surface area contributed by atoms with Crippen LogP contribution in [-0.4, -0.2) is 41.3 Å². The van der Waals surface area contributed by atoms with Crippen molar-refractivity contribution in [2.24, 2.45) is 5.92 Å². The van der Waals surface area contributed by atoms with Gasteiger partial charge in [-0.3, -0.25) is 9.69 Å². The second-order valence-electron chi connectivity index (χ2n) is 6.48. The lowest BCUT2D eigenvalue weighted by Crippen LogP contribution is -2.47. The number of halogens is 1. The second-order valence-corrected chi connectivity index (χ2v) is 6.89. The summed E-state index contributed by atoms with van der Waals surface area (Å²) in [6.45, 7) is 5.95. The molecule has 5 nitrogen and oxygen atoms in total. The van der Waals surface area contributed by atoms with Crippen LogP contribution in [0.5, 0.6) is 11.5 Å². The van der Waals surface area contributed by atoms with E-state index in [1.54, 1.807) is 0 Å². The van der Waals surface area contributed by atoms with Crippen LogP contribution in [0.1, 0.15) is 32.3 Å². The minimum absolute atomic E-state index is 0.215. The first-order valence-electron chi connectivity index (χ1n) is 8.02. The van der Waals surface area contributed by atoms with Gasteiger partial charge in [-0.25, -0.2) is 0 Å². The van der Waals surface area contributed by atoms with Gasteiger partial charge in [0, 0.05) is 18.6 Å². The Kier molecular flexibility index (Phi) is 4.69. The van der Waals surface area contributed by atoms with E-state index in [2.05, 4.69) is 18.7 Å². The van der Waals surface area contributed by atoms with E-state index in [0.717, 1.165) is 12.1 Å². The van der Waals surface area contributed by atoms with E-state index in [9.17, 15) is 9.90 Å². The monoisotopic (exact) mass is 339 g/mol. The van der Waals surface area contributed by atoms with E-state index >= 15 is 0 Å². The van der Waals surface area contributed by atoms with Crippen LogP contribution in [0.2, 0.25) is 5.02 Å². The zero-order chi connectivity index (χ0) is 16.6. The molecule has 0 spiro atoms. The Morgan fingerprint density at radius 2 is 1.91 bits per heavy atom. The molecule has 0 amide bonds. The number of carbonyl (C=O) groups is 1. The highest BCUT2D eigenvalue weighted by atomic mass is 35.5. The van der Waals surface area contributed by atoms with Gasteiger partial charge < -0.3 is 14.6 Å². The number of piperidine rings is 1. The molecular weight excluding hydrogens is 318 g/mol. The second kappa shape index (κ2) is 6.57. The summed E-state index contributed by atoms with van der Waals surface area (Å²) in [5.41, 5.74) is 1.06. The van der Waals surface area contributed by atoms with Crippen molar-refractivity contribution in [1.29, 1.82) is 0 Å². The molecule has 0 saturated carbocycles. The summed E-state index contributed by atoms with van der Waals surface area (Å²) >= 11 is 6.30. The molecule has 2 heterocycles. The molecule has 1 aromatic carbocycles. The number of carboxylic acid groups (broad SMARTS) is 1. The molecule has 3 rings (SSSR count). The fourth-order valence-corrected chi connectivity index (χ4v) is 3.89. The van der Waals surface area contributed by atoms with Gasteiger partial charge in [-0.2, -0.15) is 0 Å². The van der Waals surface area contributed by atoms with Crippen LogP contribution in [0.3, 0.4) is 0 Å². The van der Waals surface area contributed by atoms with Crippen molar-refractivity contribution >= 4 is 17.6 Å². The number of benzene rings is 1. The minimum Gasteiger partial charge on any atom is -0.486 e. The molecule has 0 aliphatic carbocycles. The molecule has 2 unspecified atom stereocenters. The van der Waals surface area contributed by atoms with Gasteiger partial charge in [0.25, 0.3) is 0 Å². The number of hydrogen-bond donors (Lipinski definition) is 1. The molecule has 1 fully saturated rings. The summed E-state index contributed by atoms with van der Waals surface area (Å²) in [6.07, 6.45) is 1.36. The van der Waals surface area contributed by atoms with Crippen LogP contribution < -0.4 is 9.47 Å². The number of rotatable bonds is 3. The molecule has 2 aliphatic heterocycles. The molecule has 126 valence electrons. The number of hydrogen-bond acceptors (Lipinski definition) is 4. The molecule has 2 atom stereocenters. The van der Waals surface area contributed by atoms with E-state index in [-0.39, 0.29) is 18.0 Å². The topological polar surface area (TPSA) is 59.0 Å². The van der Waals surface area contributed by atoms with Crippen molar-refractivity contribution in [3.8, 4) is 11.5 Å². The number of nitrogens with zero attached hydrogens (tertiary/aromatic N) is 1. The molecule has 1 aromatic rings. The van der Waals surface area contributed by atoms with Crippen molar-refractivity contribution < 1.29 is 19.4 Å². The molecule has 2 aliphatic rings. The summed E-state index contributed by atoms with van der Waals surface area (Å²) in [4.78, 5) is 13.6. The molecule has 6 heteroatoms. The van der Waals surface area contributed by atoms with Gasteiger partial charge in [-0.1, -0.05) is 11.6 Å². The number of aliphatic carboxylic acids is 1. The maximum Gasteiger partial charge on any atom is 0.306 e. The van der Waals surface area contributed by atoms with Crippen LogP contribution in [0.4, 0.5) is 0 Å². The first-order chi connectivity index (χ1) is 11.0. The summed E-state index contributed by atoms with van der Waals surface area (Å²) in [6, 6.07) is 4.32. The Labute approximate surface area is 141 Å². The van der Waals surface area contributed by atoms with Crippen molar-refractivity contribution in [2.75, 3.05) is 13.2 Å². The van der Waals surface area contributed by atoms with Gasteiger partial charge >= 0.3 is 5.97 Å². The summed E-state index contributed by atoms with van der Waals surface area (Å²) in [5.74, 6) is 0.373. The van der Waals surface area contributed by atoms with Crippen LogP contribution in [0, 0.1) is 5.92 Å². The number of ether oxygens (including phenoxy) is 2. The van der Waals surface area contributed by atoms with Gasteiger partial charge in [0.15, 0.2) is 11.5 Å². The van der Waals surface area contributed by atoms with E-state index in [0.29, 0.717) is 42.6 Å². The van der Waals surface area contributed by atoms with Gasteiger partial charge in [-0.05, 0) is 44.4 Å². The lowest BCUT2D eigenvalue weighted by molar-refractivity contribution is -0.145. The molecule has 0 radical (unpaired) electrons. The lowest BCUT2D eigenvalue weighted by Gasteiger charge is -2.41. The zero-order valence-corrected chi connectivity index (χ0v) is 14.2. The van der Waals surface area contributed by atoms with Crippen molar-refractivity contribution in [3.63, 3.8) is 0 Å². The van der Waals surface area contributed by atoms with Gasteiger partial charge in [-0.15, -0.1) is 0 Å². The third-order valence-electron chi connectivity index (χ3n) is 4.75. The highest BCUT2D eigenvalue weighted by molar-refractivity contribution is 6.32. The van der Waals surface area contributed by atoms with Gasteiger partial charge in [0.2, 0.25) is 0 Å². The number of carboxylic acids is 1. The smallest absolute Gasteiger partial charge is 0.306 e. The molecule has 23 heavy (non-hydrogen) atoms. The Balaban J connectivity index is 1.76. The summed E-state index contributed by atoms with van der Waals surface area (Å²) in [7, 11) is 0. The Hall–Kier alpha value is -1.46. The number of likely N-dealkylation sites (tertiary alicyclic amines) is 1. The first kappa shape index (κ1) is 16.4. The van der Waals surface area contributed by atoms with E-state index in [1.165, 1.54) is 0 Å². The van der Waals surface area contributed by atoms with Gasteiger partial charge in [0.05, 0.1) is 10.9 Å². The van der Waals surface area contributed by atoms with Crippen LogP contribution >= 0.6 is 11.6 Å². The van der Waals surface area contributed by atoms with Crippen LogP contribution in [-0.2, 0) is 11.3 Å². The summed E-state index contributed by atoms with van der Waals surface area (Å²) in [5, 5.41) is 9.82. The van der Waals surface area contributed by atoms with Crippen LogP contribution in [0.15, 0.2) is 12.1 Å². The largest absolute Gasteiger partial charge is 0.486 e. The maximum absolute atomic E-state index is 11.2. The van der Waals surface area contributed by atoms with Crippen LogP contribution in [0.25, 0.3) is 0 Å². The first-order valence-corrected chi connectivity index (χ1v) is 8.40. The minimum atomic E-state index is -0.689. The molecule has 0 aromatic heterocycles. The predicted octanol–water partition coefficient (Wildman–Crippen LogP) is 3.18. The summed E-state index contributed by atoms with van der Waals surface area (Å²) < 4.78 is 11.2. The van der Waals surface area contributed by atoms with E-state index in [4.69, 9.17) is 21.1 Å². The fraction of sp³-hybridized carbons (Fsp3) is 0.588.